The zero-order valence-corrected chi connectivity index (χ0v) is 14.5. The first kappa shape index (κ1) is 17.6. The molecule has 1 fully saturated rings. The maximum Gasteiger partial charge on any atom is 0.121 e. The third-order valence-electron chi connectivity index (χ3n) is 4.26. The Morgan fingerprint density at radius 1 is 1.28 bits per heavy atom. The Balaban J connectivity index is 1.86. The van der Waals surface area contributed by atoms with Gasteiger partial charge in [-0.2, -0.15) is 5.26 Å². The Kier molecular flexibility index (Phi) is 5.77. The number of nitrogens with zero attached hydrogens (tertiary/aromatic N) is 2. The molecule has 0 unspecified atom stereocenters. The van der Waals surface area contributed by atoms with Crippen LogP contribution in [0.3, 0.4) is 0 Å². The van der Waals surface area contributed by atoms with E-state index in [1.165, 1.54) is 0 Å². The Hall–Kier alpha value is -2.26. The highest BCUT2D eigenvalue weighted by Gasteiger charge is 2.25. The third kappa shape index (κ3) is 4.05. The molecule has 0 spiro atoms. The maximum atomic E-state index is 8.98. The minimum atomic E-state index is -0.0298. The molecule has 1 heterocycles. The van der Waals surface area contributed by atoms with Gasteiger partial charge in [0.05, 0.1) is 35.0 Å². The molecule has 3 rings (SSSR count). The van der Waals surface area contributed by atoms with Crippen LogP contribution in [0.5, 0.6) is 5.75 Å². The second kappa shape index (κ2) is 8.21. The lowest BCUT2D eigenvalue weighted by molar-refractivity contribution is 0.201. The molecule has 6 heteroatoms. The molecule has 0 saturated carbocycles. The molecule has 1 atom stereocenters. The van der Waals surface area contributed by atoms with Gasteiger partial charge in [-0.25, -0.2) is 0 Å². The number of nitrogens with one attached hydrogen (secondary N) is 1. The molecule has 2 aromatic rings. The van der Waals surface area contributed by atoms with Crippen molar-refractivity contribution >= 4 is 17.3 Å². The molecule has 25 heavy (non-hydrogen) atoms. The summed E-state index contributed by atoms with van der Waals surface area (Å²) in [5.74, 6) is 0.646. The number of hydrogen-bond acceptors (Lipinski definition) is 5. The van der Waals surface area contributed by atoms with Gasteiger partial charge in [-0.05, 0) is 29.8 Å². The Bertz CT molecular complexity index is 758. The number of piperazine rings is 1. The number of rotatable bonds is 5. The molecule has 0 radical (unpaired) electrons. The lowest BCUT2D eigenvalue weighted by Gasteiger charge is -2.39. The number of nitriles is 1. The van der Waals surface area contributed by atoms with Gasteiger partial charge in [0, 0.05) is 25.7 Å². The van der Waals surface area contributed by atoms with Gasteiger partial charge >= 0.3 is 0 Å². The summed E-state index contributed by atoms with van der Waals surface area (Å²) in [6.07, 6.45) is 0. The van der Waals surface area contributed by atoms with Crippen molar-refractivity contribution in [2.45, 2.75) is 6.04 Å². The molecule has 130 valence electrons. The molecular weight excluding hydrogens is 338 g/mol. The molecule has 0 bridgehead atoms. The van der Waals surface area contributed by atoms with Crippen LogP contribution in [0, 0.1) is 11.3 Å². The van der Waals surface area contributed by atoms with Gasteiger partial charge < -0.3 is 20.1 Å². The standard InChI is InChI=1S/C19H20ClN3O2/c20-17-11-16(25-10-9-24)5-6-18(17)23-8-7-22-13-19(23)15-3-1-14(12-21)2-4-15/h1-6,11,19,22,24H,7-10,13H2/t19-/m0/s1. The molecule has 1 aliphatic heterocycles. The van der Waals surface area contributed by atoms with Crippen molar-refractivity contribution in [2.24, 2.45) is 0 Å². The van der Waals surface area contributed by atoms with E-state index in [0.717, 1.165) is 30.9 Å². The number of benzene rings is 2. The van der Waals surface area contributed by atoms with Crippen LogP contribution in [0.25, 0.3) is 0 Å². The number of aliphatic hydroxyl groups is 1. The van der Waals surface area contributed by atoms with Crippen LogP contribution in [-0.4, -0.2) is 38.0 Å². The number of hydrogen-bond donors (Lipinski definition) is 2. The second-order valence-corrected chi connectivity index (χ2v) is 6.24. The second-order valence-electron chi connectivity index (χ2n) is 5.83. The summed E-state index contributed by atoms with van der Waals surface area (Å²) in [6.45, 7) is 2.74. The normalized spacial score (nSPS) is 17.2. The van der Waals surface area contributed by atoms with Crippen molar-refractivity contribution in [2.75, 3.05) is 37.7 Å². The van der Waals surface area contributed by atoms with E-state index in [9.17, 15) is 0 Å². The average molecular weight is 358 g/mol. The Morgan fingerprint density at radius 2 is 2.08 bits per heavy atom. The summed E-state index contributed by atoms with van der Waals surface area (Å²) < 4.78 is 5.42. The largest absolute Gasteiger partial charge is 0.491 e. The van der Waals surface area contributed by atoms with Crippen molar-refractivity contribution in [1.82, 2.24) is 5.32 Å². The fourth-order valence-electron chi connectivity index (χ4n) is 3.04. The zero-order chi connectivity index (χ0) is 17.6. The number of aliphatic hydroxyl groups excluding tert-OH is 1. The monoisotopic (exact) mass is 357 g/mol. The molecule has 0 aliphatic carbocycles. The summed E-state index contributed by atoms with van der Waals surface area (Å²) >= 11 is 6.49. The molecule has 0 amide bonds. The minimum Gasteiger partial charge on any atom is -0.491 e. The van der Waals surface area contributed by atoms with Crippen molar-refractivity contribution in [3.8, 4) is 11.8 Å². The van der Waals surface area contributed by atoms with Crippen molar-refractivity contribution in [3.05, 3.63) is 58.6 Å². The average Bonchev–Trinajstić information content (AvgIpc) is 2.66. The first-order chi connectivity index (χ1) is 12.2. The predicted octanol–water partition coefficient (Wildman–Crippen LogP) is 2.73. The third-order valence-corrected chi connectivity index (χ3v) is 4.56. The van der Waals surface area contributed by atoms with Gasteiger partial charge in [0.25, 0.3) is 0 Å². The van der Waals surface area contributed by atoms with Gasteiger partial charge in [0.15, 0.2) is 0 Å². The topological polar surface area (TPSA) is 68.5 Å². The van der Waals surface area contributed by atoms with E-state index >= 15 is 0 Å². The van der Waals surface area contributed by atoms with Gasteiger partial charge in [-0.3, -0.25) is 0 Å². The quantitative estimate of drug-likeness (QED) is 0.861. The van der Waals surface area contributed by atoms with Gasteiger partial charge in [0.2, 0.25) is 0 Å². The van der Waals surface area contributed by atoms with E-state index in [1.807, 2.05) is 36.4 Å². The summed E-state index contributed by atoms with van der Waals surface area (Å²) in [6, 6.07) is 15.6. The van der Waals surface area contributed by atoms with Crippen LogP contribution in [0.1, 0.15) is 17.2 Å². The number of ether oxygens (including phenoxy) is 1. The number of halogens is 1. The van der Waals surface area contributed by atoms with Crippen LogP contribution >= 0.6 is 11.6 Å². The van der Waals surface area contributed by atoms with E-state index in [1.54, 1.807) is 6.07 Å². The predicted molar refractivity (Wildman–Crippen MR) is 98.1 cm³/mol. The van der Waals surface area contributed by atoms with Crippen LogP contribution in [0.2, 0.25) is 5.02 Å². The summed E-state index contributed by atoms with van der Waals surface area (Å²) in [7, 11) is 0. The van der Waals surface area contributed by atoms with E-state index in [2.05, 4.69) is 16.3 Å². The van der Waals surface area contributed by atoms with Crippen molar-refractivity contribution in [3.63, 3.8) is 0 Å². The highest BCUT2D eigenvalue weighted by molar-refractivity contribution is 6.33. The molecule has 1 saturated heterocycles. The molecule has 1 aliphatic rings. The minimum absolute atomic E-state index is 0.0298. The smallest absolute Gasteiger partial charge is 0.121 e. The van der Waals surface area contributed by atoms with E-state index in [4.69, 9.17) is 26.7 Å². The first-order valence-electron chi connectivity index (χ1n) is 8.23. The van der Waals surface area contributed by atoms with Crippen molar-refractivity contribution < 1.29 is 9.84 Å². The fourth-order valence-corrected chi connectivity index (χ4v) is 3.32. The zero-order valence-electron chi connectivity index (χ0n) is 13.8. The summed E-state index contributed by atoms with van der Waals surface area (Å²) in [5, 5.41) is 21.9. The summed E-state index contributed by atoms with van der Waals surface area (Å²) in [5.41, 5.74) is 2.75. The fraction of sp³-hybridized carbons (Fsp3) is 0.316. The SMILES string of the molecule is N#Cc1ccc([C@@H]2CNCCN2c2ccc(OCCO)cc2Cl)cc1. The molecular formula is C19H20ClN3O2. The molecule has 5 nitrogen and oxygen atoms in total. The molecule has 0 aromatic heterocycles. The molecule has 2 N–H and O–H groups in total. The maximum absolute atomic E-state index is 8.98. The van der Waals surface area contributed by atoms with Crippen molar-refractivity contribution in [1.29, 1.82) is 5.26 Å². The lowest BCUT2D eigenvalue weighted by Crippen LogP contribution is -2.46. The van der Waals surface area contributed by atoms with Crippen LogP contribution in [-0.2, 0) is 0 Å². The van der Waals surface area contributed by atoms with E-state index in [-0.39, 0.29) is 19.3 Å². The van der Waals surface area contributed by atoms with Gasteiger partial charge in [0.1, 0.15) is 12.4 Å². The van der Waals surface area contributed by atoms with Crippen LogP contribution in [0.4, 0.5) is 5.69 Å². The van der Waals surface area contributed by atoms with Crippen LogP contribution in [0.15, 0.2) is 42.5 Å². The van der Waals surface area contributed by atoms with E-state index in [0.29, 0.717) is 16.3 Å². The van der Waals surface area contributed by atoms with Gasteiger partial charge in [-0.1, -0.05) is 23.7 Å². The highest BCUT2D eigenvalue weighted by Crippen LogP contribution is 2.35. The highest BCUT2D eigenvalue weighted by atomic mass is 35.5. The van der Waals surface area contributed by atoms with Crippen LogP contribution < -0.4 is 15.0 Å². The molecule has 2 aromatic carbocycles. The Morgan fingerprint density at radius 3 is 2.76 bits per heavy atom. The lowest BCUT2D eigenvalue weighted by atomic mass is 10.0. The number of anilines is 1. The van der Waals surface area contributed by atoms with E-state index < -0.39 is 0 Å². The summed E-state index contributed by atoms with van der Waals surface area (Å²) in [4.78, 5) is 2.27. The first-order valence-corrected chi connectivity index (χ1v) is 8.61. The Labute approximate surface area is 152 Å². The van der Waals surface area contributed by atoms with Gasteiger partial charge in [-0.15, -0.1) is 0 Å².